The molecule has 4 rings (SSSR count). The molecule has 0 unspecified atom stereocenters. The van der Waals surface area contributed by atoms with Crippen LogP contribution in [0.1, 0.15) is 102 Å². The minimum absolute atomic E-state index is 0. The Hall–Kier alpha value is -0.747. The molecule has 0 aromatic heterocycles. The Morgan fingerprint density at radius 3 is 2.00 bits per heavy atom. The topological polar surface area (TPSA) is 0 Å². The van der Waals surface area contributed by atoms with Crippen molar-refractivity contribution in [3.05, 3.63) is 82.0 Å². The number of fused-ring (bicyclic) bond motifs is 3. The zero-order chi connectivity index (χ0) is 23.8. The monoisotopic (exact) mass is 571 g/mol. The predicted molar refractivity (Wildman–Crippen MR) is 138 cm³/mol. The number of rotatable bonds is 2. The summed E-state index contributed by atoms with van der Waals surface area (Å²) in [6.45, 7) is 20.5. The number of hydrogen-bond donors (Lipinski definition) is 0. The first-order valence-corrected chi connectivity index (χ1v) is 13.2. The van der Waals surface area contributed by atoms with Gasteiger partial charge in [-0.2, -0.15) is 11.6 Å². The summed E-state index contributed by atoms with van der Waals surface area (Å²) in [5, 5.41) is 0. The summed E-state index contributed by atoms with van der Waals surface area (Å²) in [6.07, 6.45) is 11.1. The van der Waals surface area contributed by atoms with Crippen molar-refractivity contribution < 1.29 is 49.0 Å². The Balaban J connectivity index is 0.000000895. The number of hydrogen-bond acceptors (Lipinski definition) is 0. The maximum absolute atomic E-state index is 3.92. The average molecular weight is 574 g/mol. The van der Waals surface area contributed by atoms with Gasteiger partial charge < -0.3 is 24.8 Å². The molecule has 0 atom stereocenters. The summed E-state index contributed by atoms with van der Waals surface area (Å²) in [5.41, 5.74) is 11.9. The first-order valence-electron chi connectivity index (χ1n) is 12.0. The van der Waals surface area contributed by atoms with Crippen LogP contribution in [0.25, 0.3) is 11.1 Å². The Labute approximate surface area is 235 Å². The number of benzene rings is 2. The molecule has 0 amide bonds. The zero-order valence-corrected chi connectivity index (χ0v) is 26.3. The summed E-state index contributed by atoms with van der Waals surface area (Å²) >= 11 is 1.55. The van der Waals surface area contributed by atoms with E-state index in [1.165, 1.54) is 47.7 Å². The largest absolute Gasteiger partial charge is 1.00 e. The molecule has 0 nitrogen and oxygen atoms in total. The van der Waals surface area contributed by atoms with Crippen LogP contribution in [0.5, 0.6) is 0 Å². The Bertz CT molecular complexity index is 1080. The molecule has 0 spiro atoms. The van der Waals surface area contributed by atoms with Gasteiger partial charge in [0.1, 0.15) is 0 Å². The fourth-order valence-electron chi connectivity index (χ4n) is 4.80. The van der Waals surface area contributed by atoms with Crippen LogP contribution in [0, 0.1) is 6.07 Å². The summed E-state index contributed by atoms with van der Waals surface area (Å²) in [6, 6.07) is 11.1. The van der Waals surface area contributed by atoms with Crippen molar-refractivity contribution in [2.24, 2.45) is 0 Å². The first kappa shape index (κ1) is 31.3. The molecule has 0 heterocycles. The van der Waals surface area contributed by atoms with Crippen LogP contribution in [0.15, 0.2) is 42.5 Å². The van der Waals surface area contributed by atoms with Gasteiger partial charge in [0.2, 0.25) is 0 Å². The number of halogens is 2. The molecular weight excluding hydrogens is 534 g/mol. The second-order valence-corrected chi connectivity index (χ2v) is 13.9. The molecule has 182 valence electrons. The van der Waals surface area contributed by atoms with Gasteiger partial charge in [-0.15, -0.1) is 22.3 Å². The normalized spacial score (nSPS) is 14.0. The quantitative estimate of drug-likeness (QED) is 0.413. The Kier molecular flexibility index (Phi) is 11.0. The zero-order valence-electron chi connectivity index (χ0n) is 22.3. The molecular formula is C31H39Cl2Zr-. The van der Waals surface area contributed by atoms with Crippen LogP contribution < -0.4 is 24.8 Å². The third kappa shape index (κ3) is 6.72. The van der Waals surface area contributed by atoms with Crippen molar-refractivity contribution in [3.63, 3.8) is 0 Å². The van der Waals surface area contributed by atoms with Crippen molar-refractivity contribution >= 4 is 3.21 Å². The molecule has 0 radical (unpaired) electrons. The van der Waals surface area contributed by atoms with Crippen molar-refractivity contribution in [1.82, 2.24) is 0 Å². The standard InChI is InChI=1S/C28H33.C3H6.2ClH.Zr/c1-8-22-25-20(15-19-16-21(27(2,3)4)13-14-23(19)25)17-24(28(5,6)7)26(22)18-11-9-10-12-18;1-3-2;;;/h9-14,16,18H,8,15H2,1-7H3;1-2H3;2*1H;/q-1;;;;+2/p-2. The van der Waals surface area contributed by atoms with Gasteiger partial charge in [-0.05, 0) is 34.3 Å². The van der Waals surface area contributed by atoms with Crippen molar-refractivity contribution in [1.29, 1.82) is 0 Å². The molecule has 2 aliphatic rings. The number of allylic oxidation sites excluding steroid dienone is 4. The van der Waals surface area contributed by atoms with E-state index in [2.05, 4.69) is 111 Å². The fourth-order valence-corrected chi connectivity index (χ4v) is 4.80. The van der Waals surface area contributed by atoms with Crippen LogP contribution >= 0.6 is 0 Å². The second kappa shape index (κ2) is 12.0. The van der Waals surface area contributed by atoms with Gasteiger partial charge in [0, 0.05) is 0 Å². The smallest absolute Gasteiger partial charge is 1.00 e. The summed E-state index contributed by atoms with van der Waals surface area (Å²) in [4.78, 5) is 0. The fraction of sp³-hybridized carbons (Fsp3) is 0.452. The molecule has 0 aliphatic heterocycles. The Morgan fingerprint density at radius 2 is 1.53 bits per heavy atom. The van der Waals surface area contributed by atoms with Crippen molar-refractivity contribution in [3.8, 4) is 11.1 Å². The van der Waals surface area contributed by atoms with Gasteiger partial charge in [-0.25, -0.2) is 0 Å². The van der Waals surface area contributed by atoms with Gasteiger partial charge in [-0.1, -0.05) is 103 Å². The van der Waals surface area contributed by atoms with Crippen LogP contribution in [0.4, 0.5) is 0 Å². The van der Waals surface area contributed by atoms with E-state index >= 15 is 0 Å². The first-order chi connectivity index (χ1) is 14.8. The van der Waals surface area contributed by atoms with E-state index in [4.69, 9.17) is 0 Å². The molecule has 0 N–H and O–H groups in total. The van der Waals surface area contributed by atoms with E-state index in [0.717, 1.165) is 12.8 Å². The summed E-state index contributed by atoms with van der Waals surface area (Å²) in [7, 11) is 0. The Morgan fingerprint density at radius 1 is 0.971 bits per heavy atom. The van der Waals surface area contributed by atoms with E-state index in [1.54, 1.807) is 24.2 Å². The summed E-state index contributed by atoms with van der Waals surface area (Å²) in [5.74, 6) is 0.378. The van der Waals surface area contributed by atoms with Crippen molar-refractivity contribution in [2.45, 2.75) is 91.9 Å². The molecule has 2 aliphatic carbocycles. The third-order valence-corrected chi connectivity index (χ3v) is 6.27. The van der Waals surface area contributed by atoms with Crippen LogP contribution in [-0.4, -0.2) is 3.21 Å². The van der Waals surface area contributed by atoms with Gasteiger partial charge >= 0.3 is 41.3 Å². The van der Waals surface area contributed by atoms with Gasteiger partial charge in [-0.3, -0.25) is 0 Å². The van der Waals surface area contributed by atoms with Crippen LogP contribution in [-0.2, 0) is 47.9 Å². The molecule has 0 fully saturated rings. The molecule has 0 bridgehead atoms. The third-order valence-electron chi connectivity index (χ3n) is 6.27. The predicted octanol–water partition coefficient (Wildman–Crippen LogP) is 2.18. The minimum Gasteiger partial charge on any atom is -1.00 e. The maximum Gasteiger partial charge on any atom is -1.00 e. The van der Waals surface area contributed by atoms with Gasteiger partial charge in [0.25, 0.3) is 0 Å². The summed E-state index contributed by atoms with van der Waals surface area (Å²) < 4.78 is 1.51. The van der Waals surface area contributed by atoms with E-state index in [9.17, 15) is 0 Å². The molecule has 2 aromatic carbocycles. The molecule has 34 heavy (non-hydrogen) atoms. The minimum atomic E-state index is 0. The van der Waals surface area contributed by atoms with E-state index < -0.39 is 0 Å². The van der Waals surface area contributed by atoms with E-state index in [0.29, 0.717) is 5.92 Å². The molecule has 3 heteroatoms. The maximum atomic E-state index is 3.92. The molecule has 0 saturated heterocycles. The molecule has 0 saturated carbocycles. The molecule has 2 aromatic rings. The second-order valence-electron chi connectivity index (χ2n) is 11.4. The SMILES string of the molecule is CCc1c2c([c-]c(C(C)(C)C)c1C1C=CC=C1)Cc1cc(C(C)(C)C)ccc1-2.C[C](C)=[Zr+2].[Cl-].[Cl-]. The van der Waals surface area contributed by atoms with Crippen molar-refractivity contribution in [2.75, 3.05) is 0 Å². The van der Waals surface area contributed by atoms with E-state index in [-0.39, 0.29) is 35.6 Å². The average Bonchev–Trinajstić information content (AvgIpc) is 3.31. The van der Waals surface area contributed by atoms with Crippen LogP contribution in [0.3, 0.4) is 0 Å². The van der Waals surface area contributed by atoms with Gasteiger partial charge in [0.15, 0.2) is 0 Å². The van der Waals surface area contributed by atoms with Gasteiger partial charge in [0.05, 0.1) is 0 Å². The van der Waals surface area contributed by atoms with E-state index in [1.807, 2.05) is 0 Å². The van der Waals surface area contributed by atoms with Crippen LogP contribution in [0.2, 0.25) is 0 Å².